The Bertz CT molecular complexity index is 795. The number of hydrogen-bond donors (Lipinski definition) is 2. The van der Waals surface area contributed by atoms with E-state index in [2.05, 4.69) is 15.0 Å². The van der Waals surface area contributed by atoms with E-state index < -0.39 is 11.7 Å². The van der Waals surface area contributed by atoms with Gasteiger partial charge in [0.15, 0.2) is 0 Å². The average Bonchev–Trinajstić information content (AvgIpc) is 2.44. The van der Waals surface area contributed by atoms with Gasteiger partial charge in [-0.25, -0.2) is 14.6 Å². The van der Waals surface area contributed by atoms with Crippen molar-refractivity contribution < 1.29 is 9.90 Å². The summed E-state index contributed by atoms with van der Waals surface area (Å²) < 4.78 is 0. The Morgan fingerprint density at radius 1 is 1.57 bits per heavy atom. The first-order valence-corrected chi connectivity index (χ1v) is 6.82. The zero-order valence-electron chi connectivity index (χ0n) is 11.0. The molecular weight excluding hydrogens is 292 g/mol. The molecular formula is C13H10N4O3S. The molecule has 0 saturated heterocycles. The summed E-state index contributed by atoms with van der Waals surface area (Å²) in [4.78, 5) is 32.6. The van der Waals surface area contributed by atoms with Crippen molar-refractivity contribution in [1.29, 1.82) is 5.26 Å². The molecule has 21 heavy (non-hydrogen) atoms. The zero-order valence-corrected chi connectivity index (χ0v) is 11.8. The van der Waals surface area contributed by atoms with E-state index in [4.69, 9.17) is 5.26 Å². The van der Waals surface area contributed by atoms with Crippen LogP contribution in [-0.4, -0.2) is 26.0 Å². The maximum absolute atomic E-state index is 11.4. The highest BCUT2D eigenvalue weighted by Gasteiger charge is 2.17. The van der Waals surface area contributed by atoms with E-state index >= 15 is 0 Å². The maximum atomic E-state index is 11.4. The molecule has 2 N–H and O–H groups in total. The number of pyridine rings is 1. The van der Waals surface area contributed by atoms with Crippen molar-refractivity contribution in [3.05, 3.63) is 51.3 Å². The van der Waals surface area contributed by atoms with Crippen LogP contribution in [0.25, 0.3) is 0 Å². The molecule has 2 aromatic rings. The molecule has 7 nitrogen and oxygen atoms in total. The van der Waals surface area contributed by atoms with Crippen LogP contribution in [0, 0.1) is 18.3 Å². The second-order valence-corrected chi connectivity index (χ2v) is 5.03. The van der Waals surface area contributed by atoms with Crippen molar-refractivity contribution in [2.45, 2.75) is 17.7 Å². The third kappa shape index (κ3) is 3.27. The molecule has 0 amide bonds. The molecule has 0 aliphatic heterocycles. The lowest BCUT2D eigenvalue weighted by atomic mass is 10.2. The number of hydrogen-bond acceptors (Lipinski definition) is 6. The molecule has 2 aromatic heterocycles. The minimum atomic E-state index is -1.16. The van der Waals surface area contributed by atoms with Gasteiger partial charge in [0, 0.05) is 17.6 Å². The Hall–Kier alpha value is -2.66. The Kier molecular flexibility index (Phi) is 4.35. The second-order valence-electron chi connectivity index (χ2n) is 4.06. The number of carboxylic acids is 1. The van der Waals surface area contributed by atoms with Crippen LogP contribution in [0.1, 0.15) is 27.3 Å². The highest BCUT2D eigenvalue weighted by molar-refractivity contribution is 7.98. The Morgan fingerprint density at radius 2 is 2.33 bits per heavy atom. The predicted molar refractivity (Wildman–Crippen MR) is 75.1 cm³/mol. The monoisotopic (exact) mass is 302 g/mol. The molecule has 2 rings (SSSR count). The van der Waals surface area contributed by atoms with Gasteiger partial charge in [0.25, 0.3) is 0 Å². The minimum Gasteiger partial charge on any atom is -0.478 e. The summed E-state index contributed by atoms with van der Waals surface area (Å²) in [6, 6.07) is 5.37. The number of aromatic carboxylic acids is 1. The van der Waals surface area contributed by atoms with E-state index in [0.29, 0.717) is 11.3 Å². The molecule has 0 saturated carbocycles. The summed E-state index contributed by atoms with van der Waals surface area (Å²) in [5.74, 6) is -0.863. The number of aromatic nitrogens is 3. The maximum Gasteiger partial charge on any atom is 0.346 e. The molecule has 0 radical (unpaired) electrons. The molecule has 0 aliphatic rings. The van der Waals surface area contributed by atoms with E-state index in [1.807, 2.05) is 6.07 Å². The number of H-pyrrole nitrogens is 1. The van der Waals surface area contributed by atoms with Crippen molar-refractivity contribution in [3.8, 4) is 6.07 Å². The molecule has 0 fully saturated rings. The molecule has 0 atom stereocenters. The van der Waals surface area contributed by atoms with E-state index in [1.54, 1.807) is 12.1 Å². The van der Waals surface area contributed by atoms with Crippen LogP contribution in [0.3, 0.4) is 0 Å². The highest BCUT2D eigenvalue weighted by Crippen LogP contribution is 2.25. The molecule has 0 aromatic carbocycles. The van der Waals surface area contributed by atoms with Gasteiger partial charge in [-0.15, -0.1) is 11.8 Å². The second kappa shape index (κ2) is 6.19. The minimum absolute atomic E-state index is 0.0398. The number of nitrogens with zero attached hydrogens (tertiary/aromatic N) is 3. The highest BCUT2D eigenvalue weighted by atomic mass is 32.2. The van der Waals surface area contributed by atoms with Gasteiger partial charge in [-0.05, 0) is 18.6 Å². The van der Waals surface area contributed by atoms with Crippen molar-refractivity contribution in [1.82, 2.24) is 15.0 Å². The normalized spacial score (nSPS) is 10.1. The SMILES string of the molecule is Cc1[nH]c(=O)nc(SCc2cccnc2C#N)c1C(=O)O. The summed E-state index contributed by atoms with van der Waals surface area (Å²) in [6.45, 7) is 1.50. The first kappa shape index (κ1) is 14.7. The van der Waals surface area contributed by atoms with E-state index in [-0.39, 0.29) is 22.0 Å². The number of aromatic amines is 1. The van der Waals surface area contributed by atoms with E-state index in [9.17, 15) is 14.7 Å². The summed E-state index contributed by atoms with van der Waals surface area (Å²) in [5, 5.41) is 18.3. The predicted octanol–water partition coefficient (Wildman–Crippen LogP) is 1.34. The van der Waals surface area contributed by atoms with E-state index in [0.717, 1.165) is 11.8 Å². The zero-order chi connectivity index (χ0) is 15.4. The van der Waals surface area contributed by atoms with Gasteiger partial charge >= 0.3 is 11.7 Å². The largest absolute Gasteiger partial charge is 0.478 e. The van der Waals surface area contributed by atoms with Gasteiger partial charge in [-0.1, -0.05) is 6.07 Å². The first-order valence-electron chi connectivity index (χ1n) is 5.84. The van der Waals surface area contributed by atoms with Crippen LogP contribution >= 0.6 is 11.8 Å². The van der Waals surface area contributed by atoms with Crippen molar-refractivity contribution in [2.75, 3.05) is 0 Å². The third-order valence-corrected chi connectivity index (χ3v) is 3.69. The summed E-state index contributed by atoms with van der Waals surface area (Å²) in [7, 11) is 0. The number of rotatable bonds is 4. The Labute approximate surface area is 123 Å². The van der Waals surface area contributed by atoms with Crippen LogP contribution in [0.4, 0.5) is 0 Å². The first-order chi connectivity index (χ1) is 10.0. The quantitative estimate of drug-likeness (QED) is 0.645. The molecule has 8 heteroatoms. The summed E-state index contributed by atoms with van der Waals surface area (Å²) in [5.41, 5.74) is 0.523. The molecule has 0 unspecified atom stereocenters. The van der Waals surface area contributed by atoms with Gasteiger partial charge in [-0.2, -0.15) is 10.2 Å². The smallest absolute Gasteiger partial charge is 0.346 e. The van der Waals surface area contributed by atoms with Crippen LogP contribution < -0.4 is 5.69 Å². The third-order valence-electron chi connectivity index (χ3n) is 2.66. The van der Waals surface area contributed by atoms with Gasteiger partial charge in [0.05, 0.1) is 0 Å². The van der Waals surface area contributed by atoms with Crippen LogP contribution in [0.5, 0.6) is 0 Å². The lowest BCUT2D eigenvalue weighted by molar-refractivity contribution is 0.0690. The number of nitriles is 1. The topological polar surface area (TPSA) is 120 Å². The number of carboxylic acid groups (broad SMARTS) is 1. The van der Waals surface area contributed by atoms with Gasteiger partial charge < -0.3 is 10.1 Å². The Morgan fingerprint density at radius 3 is 3.00 bits per heavy atom. The van der Waals surface area contributed by atoms with Crippen molar-refractivity contribution in [2.24, 2.45) is 0 Å². The number of thioether (sulfide) groups is 1. The van der Waals surface area contributed by atoms with Crippen LogP contribution in [-0.2, 0) is 5.75 Å². The van der Waals surface area contributed by atoms with Gasteiger partial charge in [0.2, 0.25) is 0 Å². The van der Waals surface area contributed by atoms with Crippen LogP contribution in [0.15, 0.2) is 28.2 Å². The molecule has 0 spiro atoms. The summed E-state index contributed by atoms with van der Waals surface area (Å²) in [6.07, 6.45) is 1.50. The summed E-state index contributed by atoms with van der Waals surface area (Å²) >= 11 is 1.08. The molecule has 106 valence electrons. The van der Waals surface area contributed by atoms with Crippen LogP contribution in [0.2, 0.25) is 0 Å². The lowest BCUT2D eigenvalue weighted by Crippen LogP contribution is -2.18. The average molecular weight is 302 g/mol. The van der Waals surface area contributed by atoms with E-state index in [1.165, 1.54) is 13.1 Å². The van der Waals surface area contributed by atoms with Gasteiger partial charge in [0.1, 0.15) is 22.4 Å². The molecule has 0 aliphatic carbocycles. The number of nitrogens with one attached hydrogen (secondary N) is 1. The lowest BCUT2D eigenvalue weighted by Gasteiger charge is -2.07. The van der Waals surface area contributed by atoms with Gasteiger partial charge in [-0.3, -0.25) is 0 Å². The van der Waals surface area contributed by atoms with Crippen molar-refractivity contribution >= 4 is 17.7 Å². The number of aryl methyl sites for hydroxylation is 1. The molecule has 2 heterocycles. The number of carbonyl (C=O) groups is 1. The molecule has 0 bridgehead atoms. The fourth-order valence-corrected chi connectivity index (χ4v) is 2.77. The fourth-order valence-electron chi connectivity index (χ4n) is 1.72. The standard InChI is InChI=1S/C13H10N4O3S/c1-7-10(12(18)19)11(17-13(20)16-7)21-6-8-3-2-4-15-9(8)5-14/h2-4H,6H2,1H3,(H,18,19)(H,16,17,20). The Balaban J connectivity index is 2.35. The fraction of sp³-hybridized carbons (Fsp3) is 0.154. The van der Waals surface area contributed by atoms with Crippen molar-refractivity contribution in [3.63, 3.8) is 0 Å².